The molecule has 47 heavy (non-hydrogen) atoms. The summed E-state index contributed by atoms with van der Waals surface area (Å²) in [5, 5.41) is 54.1. The van der Waals surface area contributed by atoms with E-state index < -0.39 is 0 Å². The Morgan fingerprint density at radius 1 is 0.340 bits per heavy atom. The molecule has 5 aromatic carbocycles. The summed E-state index contributed by atoms with van der Waals surface area (Å²) in [6.45, 7) is 13.5. The minimum atomic E-state index is 0.255. The Morgan fingerprint density at radius 3 is 1.02 bits per heavy atom. The van der Waals surface area contributed by atoms with Gasteiger partial charge in [-0.3, -0.25) is 0 Å². The van der Waals surface area contributed by atoms with Gasteiger partial charge in [0.1, 0.15) is 28.7 Å². The molecular weight excluding hydrogens is 584 g/mol. The van der Waals surface area contributed by atoms with Gasteiger partial charge in [0.25, 0.3) is 0 Å². The summed E-state index contributed by atoms with van der Waals surface area (Å²) in [7, 11) is 0. The molecule has 5 aromatic rings. The highest BCUT2D eigenvalue weighted by Crippen LogP contribution is 2.35. The van der Waals surface area contributed by atoms with Gasteiger partial charge in [0.05, 0.1) is 0 Å². The van der Waals surface area contributed by atoms with Gasteiger partial charge >= 0.3 is 0 Å². The van der Waals surface area contributed by atoms with Crippen molar-refractivity contribution in [1.82, 2.24) is 0 Å². The third kappa shape index (κ3) is 7.25. The molecule has 244 valence electrons. The van der Waals surface area contributed by atoms with Crippen LogP contribution in [0.4, 0.5) is 0 Å². The summed E-state index contributed by atoms with van der Waals surface area (Å²) in [5.41, 5.74) is 13.2. The minimum absolute atomic E-state index is 0.255. The molecule has 0 aliphatic heterocycles. The molecule has 0 saturated carbocycles. The lowest BCUT2D eigenvalue weighted by Gasteiger charge is -2.17. The van der Waals surface area contributed by atoms with Gasteiger partial charge in [0.15, 0.2) is 0 Å². The molecule has 0 heterocycles. The van der Waals surface area contributed by atoms with Crippen LogP contribution in [0.2, 0.25) is 0 Å². The molecule has 0 atom stereocenters. The van der Waals surface area contributed by atoms with Crippen LogP contribution < -0.4 is 0 Å². The Bertz CT molecular complexity index is 1940. The van der Waals surface area contributed by atoms with E-state index in [1.807, 2.05) is 109 Å². The topological polar surface area (TPSA) is 101 Å². The second-order valence-electron chi connectivity index (χ2n) is 13.3. The van der Waals surface area contributed by atoms with Crippen molar-refractivity contribution in [3.05, 3.63) is 144 Å². The summed E-state index contributed by atoms with van der Waals surface area (Å²) >= 11 is 0. The van der Waals surface area contributed by atoms with Gasteiger partial charge in [-0.1, -0.05) is 73.2 Å². The van der Waals surface area contributed by atoms with Crippen molar-refractivity contribution in [2.75, 3.05) is 0 Å². The number of phenols is 5. The molecule has 5 rings (SSSR count). The Balaban J connectivity index is 1.45. The van der Waals surface area contributed by atoms with Crippen LogP contribution in [0.15, 0.2) is 60.7 Å². The Morgan fingerprint density at radius 2 is 0.617 bits per heavy atom. The molecule has 0 aliphatic carbocycles. The highest BCUT2D eigenvalue weighted by molar-refractivity contribution is 5.54. The molecule has 0 aromatic heterocycles. The van der Waals surface area contributed by atoms with Crippen LogP contribution in [0.3, 0.4) is 0 Å². The van der Waals surface area contributed by atoms with Crippen LogP contribution in [-0.2, 0) is 32.1 Å². The Labute approximate surface area is 278 Å². The van der Waals surface area contributed by atoms with Crippen molar-refractivity contribution in [2.24, 2.45) is 0 Å². The van der Waals surface area contributed by atoms with Gasteiger partial charge in [0.2, 0.25) is 0 Å². The molecule has 5 heteroatoms. The number of benzene rings is 5. The van der Waals surface area contributed by atoms with Gasteiger partial charge in [0, 0.05) is 25.7 Å². The second kappa shape index (κ2) is 13.4. The number of aromatic hydroxyl groups is 5. The van der Waals surface area contributed by atoms with Crippen LogP contribution >= 0.6 is 0 Å². The number of hydrogen-bond donors (Lipinski definition) is 5. The van der Waals surface area contributed by atoms with Crippen molar-refractivity contribution < 1.29 is 25.5 Å². The largest absolute Gasteiger partial charge is 0.507 e. The molecule has 0 saturated heterocycles. The van der Waals surface area contributed by atoms with E-state index >= 15 is 0 Å². The van der Waals surface area contributed by atoms with Crippen LogP contribution in [0.1, 0.15) is 90.4 Å². The maximum atomic E-state index is 11.6. The molecule has 0 fully saturated rings. The molecular formula is C42H46O5. The predicted octanol–water partition coefficient (Wildman–Crippen LogP) is 8.99. The fraction of sp³-hybridized carbons (Fsp3) is 0.286. The van der Waals surface area contributed by atoms with E-state index in [4.69, 9.17) is 0 Å². The fourth-order valence-electron chi connectivity index (χ4n) is 6.89. The third-order valence-electron chi connectivity index (χ3n) is 9.24. The molecule has 0 spiro atoms. The van der Waals surface area contributed by atoms with Crippen LogP contribution in [0.25, 0.3) is 0 Å². The number of aryl methyl sites for hydroxylation is 7. The van der Waals surface area contributed by atoms with E-state index in [1.54, 1.807) is 0 Å². The monoisotopic (exact) mass is 630 g/mol. The average Bonchev–Trinajstić information content (AvgIpc) is 3.00. The Kier molecular flexibility index (Phi) is 9.58. The summed E-state index contributed by atoms with van der Waals surface area (Å²) in [6.07, 6.45) is 2.75. The van der Waals surface area contributed by atoms with Crippen LogP contribution in [-0.4, -0.2) is 25.5 Å². The lowest BCUT2D eigenvalue weighted by molar-refractivity contribution is 0.461. The zero-order valence-corrected chi connectivity index (χ0v) is 28.5. The van der Waals surface area contributed by atoms with Crippen LogP contribution in [0, 0.1) is 41.5 Å². The smallest absolute Gasteiger partial charge is 0.122 e. The van der Waals surface area contributed by atoms with Crippen molar-refractivity contribution in [3.8, 4) is 28.7 Å². The zero-order valence-electron chi connectivity index (χ0n) is 28.5. The van der Waals surface area contributed by atoms with E-state index in [1.165, 1.54) is 0 Å². The second-order valence-corrected chi connectivity index (χ2v) is 13.3. The maximum Gasteiger partial charge on any atom is 0.122 e. The van der Waals surface area contributed by atoms with E-state index in [0.29, 0.717) is 49.4 Å². The highest BCUT2D eigenvalue weighted by Gasteiger charge is 2.17. The van der Waals surface area contributed by atoms with Gasteiger partial charge < -0.3 is 25.5 Å². The van der Waals surface area contributed by atoms with Crippen LogP contribution in [0.5, 0.6) is 28.7 Å². The van der Waals surface area contributed by atoms with E-state index in [-0.39, 0.29) is 11.5 Å². The fourth-order valence-corrected chi connectivity index (χ4v) is 6.89. The van der Waals surface area contributed by atoms with E-state index in [0.717, 1.165) is 83.5 Å². The van der Waals surface area contributed by atoms with Gasteiger partial charge in [-0.2, -0.15) is 0 Å². The zero-order chi connectivity index (χ0) is 34.2. The number of hydrogen-bond acceptors (Lipinski definition) is 5. The van der Waals surface area contributed by atoms with Gasteiger partial charge in [-0.15, -0.1) is 0 Å². The summed E-state index contributed by atoms with van der Waals surface area (Å²) in [5.74, 6) is 1.41. The number of phenolic OH excluding ortho intramolecular Hbond substituents is 5. The van der Waals surface area contributed by atoms with E-state index in [9.17, 15) is 25.5 Å². The first-order valence-corrected chi connectivity index (χ1v) is 16.3. The molecule has 5 nitrogen and oxygen atoms in total. The Hall–Kier alpha value is -4.90. The first-order valence-electron chi connectivity index (χ1n) is 16.3. The molecule has 0 amide bonds. The standard InChI is InChI=1S/C42H46O5/c1-8-33-16-32(22-37(41(33)46)18-30-13-26(5)39(44)27(6)14-30)21-35-10-23(2)9-34(42(35)47)19-31-15-28(7)40(45)36(20-31)17-29-11-24(3)38(43)25(4)12-29/h9-16,20,22,43-47H,8,17-19,21H2,1-7H3. The van der Waals surface area contributed by atoms with Crippen molar-refractivity contribution in [1.29, 1.82) is 0 Å². The van der Waals surface area contributed by atoms with E-state index in [2.05, 4.69) is 0 Å². The molecule has 0 unspecified atom stereocenters. The average molecular weight is 631 g/mol. The first-order chi connectivity index (χ1) is 22.2. The van der Waals surface area contributed by atoms with Crippen molar-refractivity contribution in [2.45, 2.75) is 80.6 Å². The predicted molar refractivity (Wildman–Crippen MR) is 190 cm³/mol. The van der Waals surface area contributed by atoms with Crippen molar-refractivity contribution in [3.63, 3.8) is 0 Å². The quantitative estimate of drug-likeness (QED) is 0.112. The molecule has 0 aliphatic rings. The number of rotatable bonds is 9. The molecule has 0 bridgehead atoms. The maximum absolute atomic E-state index is 11.6. The lowest BCUT2D eigenvalue weighted by Crippen LogP contribution is -2.01. The molecule has 0 radical (unpaired) electrons. The summed E-state index contributed by atoms with van der Waals surface area (Å²) in [6, 6.07) is 19.9. The minimum Gasteiger partial charge on any atom is -0.507 e. The van der Waals surface area contributed by atoms with Crippen molar-refractivity contribution >= 4 is 0 Å². The molecule has 5 N–H and O–H groups in total. The SMILES string of the molecule is CCc1cc(Cc2cc(C)cc(Cc3cc(C)c(O)c(Cc4cc(C)c(O)c(C)c4)c3)c2O)cc(Cc2cc(C)c(O)c(C)c2)c1O. The summed E-state index contributed by atoms with van der Waals surface area (Å²) in [4.78, 5) is 0. The van der Waals surface area contributed by atoms with Gasteiger partial charge in [-0.05, 0) is 126 Å². The normalized spacial score (nSPS) is 11.3. The lowest BCUT2D eigenvalue weighted by atomic mass is 9.90. The summed E-state index contributed by atoms with van der Waals surface area (Å²) < 4.78 is 0. The third-order valence-corrected chi connectivity index (χ3v) is 9.24. The van der Waals surface area contributed by atoms with Gasteiger partial charge in [-0.25, -0.2) is 0 Å². The first kappa shape index (κ1) is 33.5. The highest BCUT2D eigenvalue weighted by atomic mass is 16.3.